The minimum atomic E-state index is -1.95. The minimum Gasteiger partial charge on any atom is -0.394 e. The van der Waals surface area contributed by atoms with Crippen molar-refractivity contribution in [3.05, 3.63) is 0 Å². The van der Waals surface area contributed by atoms with Gasteiger partial charge in [-0.15, -0.1) is 0 Å². The molecule has 2 unspecified atom stereocenters. The zero-order valence-corrected chi connectivity index (χ0v) is 15.1. The van der Waals surface area contributed by atoms with E-state index in [-0.39, 0.29) is 0 Å². The number of hydrogen-bond donors (Lipinski definition) is 0. The van der Waals surface area contributed by atoms with Gasteiger partial charge in [-0.05, 0) is 50.6 Å². The van der Waals surface area contributed by atoms with Crippen LogP contribution >= 0.6 is 0 Å². The lowest BCUT2D eigenvalue weighted by Gasteiger charge is -2.31. The molecule has 0 aliphatic carbocycles. The Kier molecular flexibility index (Phi) is 10.9. The highest BCUT2D eigenvalue weighted by atomic mass is 28.4. The van der Waals surface area contributed by atoms with Crippen LogP contribution in [0.3, 0.4) is 0 Å². The van der Waals surface area contributed by atoms with E-state index in [2.05, 4.69) is 41.5 Å². The average molecular weight is 289 g/mol. The Morgan fingerprint density at radius 1 is 0.737 bits per heavy atom. The highest BCUT2D eigenvalue weighted by molar-refractivity contribution is 6.67. The quantitative estimate of drug-likeness (QED) is 0.449. The van der Waals surface area contributed by atoms with Crippen LogP contribution in [0.25, 0.3) is 0 Å². The molecule has 0 rings (SSSR count). The molecule has 0 heterocycles. The SMILES string of the molecule is CCO[Si](CCC(C)CC)(CCC(C)CC)OCC. The fourth-order valence-corrected chi connectivity index (χ4v) is 6.15. The maximum atomic E-state index is 6.18. The number of rotatable bonds is 12. The Morgan fingerprint density at radius 3 is 1.37 bits per heavy atom. The third-order valence-electron chi connectivity index (χ3n) is 4.24. The Bertz CT molecular complexity index is 187. The van der Waals surface area contributed by atoms with Gasteiger partial charge < -0.3 is 8.85 Å². The van der Waals surface area contributed by atoms with Gasteiger partial charge in [0.25, 0.3) is 0 Å². The van der Waals surface area contributed by atoms with Crippen molar-refractivity contribution in [2.45, 2.75) is 79.3 Å². The van der Waals surface area contributed by atoms with E-state index in [4.69, 9.17) is 8.85 Å². The molecule has 0 radical (unpaired) electrons. The number of hydrogen-bond acceptors (Lipinski definition) is 2. The standard InChI is InChI=1S/C16H36O2Si/c1-7-15(5)11-13-19(17-9-3,18-10-4)14-12-16(6)8-2/h15-16H,7-14H2,1-6H3. The predicted octanol–water partition coefficient (Wildman–Crippen LogP) is 5.37. The topological polar surface area (TPSA) is 18.5 Å². The van der Waals surface area contributed by atoms with E-state index in [9.17, 15) is 0 Å². The third kappa shape index (κ3) is 8.11. The summed E-state index contributed by atoms with van der Waals surface area (Å²) in [6, 6.07) is 2.33. The van der Waals surface area contributed by atoms with Crippen molar-refractivity contribution in [3.63, 3.8) is 0 Å². The molecule has 2 nitrogen and oxygen atoms in total. The molecule has 0 aliphatic heterocycles. The molecular formula is C16H36O2Si. The van der Waals surface area contributed by atoms with Crippen LogP contribution in [-0.2, 0) is 8.85 Å². The van der Waals surface area contributed by atoms with Crippen molar-refractivity contribution in [1.29, 1.82) is 0 Å². The summed E-state index contributed by atoms with van der Waals surface area (Å²) in [7, 11) is -1.95. The predicted molar refractivity (Wildman–Crippen MR) is 86.8 cm³/mol. The Balaban J connectivity index is 4.55. The molecule has 3 heteroatoms. The van der Waals surface area contributed by atoms with E-state index in [1.54, 1.807) is 0 Å². The first-order chi connectivity index (χ1) is 9.03. The zero-order valence-electron chi connectivity index (χ0n) is 14.1. The van der Waals surface area contributed by atoms with Crippen LogP contribution in [0.4, 0.5) is 0 Å². The summed E-state index contributed by atoms with van der Waals surface area (Å²) in [5, 5.41) is 0. The van der Waals surface area contributed by atoms with Gasteiger partial charge in [-0.3, -0.25) is 0 Å². The fraction of sp³-hybridized carbons (Fsp3) is 1.00. The highest BCUT2D eigenvalue weighted by Crippen LogP contribution is 2.28. The molecule has 0 aliphatic rings. The van der Waals surface area contributed by atoms with Gasteiger partial charge in [0.05, 0.1) is 0 Å². The largest absolute Gasteiger partial charge is 0.394 e. The van der Waals surface area contributed by atoms with Gasteiger partial charge in [0.15, 0.2) is 0 Å². The molecule has 0 aromatic carbocycles. The summed E-state index contributed by atoms with van der Waals surface area (Å²) in [6.45, 7) is 15.0. The van der Waals surface area contributed by atoms with Gasteiger partial charge in [0.1, 0.15) is 0 Å². The first-order valence-electron chi connectivity index (χ1n) is 8.31. The monoisotopic (exact) mass is 288 g/mol. The molecule has 2 atom stereocenters. The minimum absolute atomic E-state index is 0.788. The summed E-state index contributed by atoms with van der Waals surface area (Å²) in [4.78, 5) is 0. The molecule has 0 saturated heterocycles. The molecular weight excluding hydrogens is 252 g/mol. The molecule has 0 N–H and O–H groups in total. The van der Waals surface area contributed by atoms with Gasteiger partial charge in [0.2, 0.25) is 0 Å². The Hall–Kier alpha value is 0.137. The van der Waals surface area contributed by atoms with Crippen LogP contribution in [0.2, 0.25) is 12.1 Å². The van der Waals surface area contributed by atoms with Crippen LogP contribution in [-0.4, -0.2) is 21.8 Å². The van der Waals surface area contributed by atoms with E-state index < -0.39 is 8.56 Å². The van der Waals surface area contributed by atoms with Crippen LogP contribution < -0.4 is 0 Å². The normalized spacial score (nSPS) is 15.5. The van der Waals surface area contributed by atoms with Crippen LogP contribution in [0.5, 0.6) is 0 Å². The summed E-state index contributed by atoms with van der Waals surface area (Å²) in [6.07, 6.45) is 5.02. The molecule has 0 bridgehead atoms. The van der Waals surface area contributed by atoms with Crippen molar-refractivity contribution < 1.29 is 8.85 Å². The lowest BCUT2D eigenvalue weighted by molar-refractivity contribution is 0.177. The second-order valence-corrected chi connectivity index (χ2v) is 9.28. The summed E-state index contributed by atoms with van der Waals surface area (Å²) in [5.41, 5.74) is 0. The summed E-state index contributed by atoms with van der Waals surface area (Å²) in [5.74, 6) is 1.58. The zero-order chi connectivity index (χ0) is 14.7. The van der Waals surface area contributed by atoms with E-state index in [1.165, 1.54) is 37.8 Å². The third-order valence-corrected chi connectivity index (χ3v) is 7.98. The van der Waals surface area contributed by atoms with Gasteiger partial charge in [-0.1, -0.05) is 40.5 Å². The smallest absolute Gasteiger partial charge is 0.338 e. The van der Waals surface area contributed by atoms with Gasteiger partial charge >= 0.3 is 8.56 Å². The van der Waals surface area contributed by atoms with Crippen molar-refractivity contribution in [3.8, 4) is 0 Å². The van der Waals surface area contributed by atoms with E-state index in [0.717, 1.165) is 25.0 Å². The molecule has 19 heavy (non-hydrogen) atoms. The van der Waals surface area contributed by atoms with Crippen molar-refractivity contribution in [1.82, 2.24) is 0 Å². The first-order valence-corrected chi connectivity index (χ1v) is 10.5. The van der Waals surface area contributed by atoms with Crippen molar-refractivity contribution >= 4 is 8.56 Å². The van der Waals surface area contributed by atoms with Gasteiger partial charge in [-0.2, -0.15) is 0 Å². The van der Waals surface area contributed by atoms with Gasteiger partial charge in [0, 0.05) is 13.2 Å². The van der Waals surface area contributed by atoms with E-state index in [0.29, 0.717) is 0 Å². The Morgan fingerprint density at radius 2 is 1.11 bits per heavy atom. The molecule has 0 saturated carbocycles. The van der Waals surface area contributed by atoms with Crippen molar-refractivity contribution in [2.24, 2.45) is 11.8 Å². The molecule has 0 aromatic rings. The maximum Gasteiger partial charge on any atom is 0.338 e. The highest BCUT2D eigenvalue weighted by Gasteiger charge is 2.36. The molecule has 0 spiro atoms. The maximum absolute atomic E-state index is 6.18. The van der Waals surface area contributed by atoms with Crippen molar-refractivity contribution in [2.75, 3.05) is 13.2 Å². The second-order valence-electron chi connectivity index (χ2n) is 5.88. The molecule has 0 aromatic heterocycles. The van der Waals surface area contributed by atoms with Gasteiger partial charge in [-0.25, -0.2) is 0 Å². The second kappa shape index (κ2) is 10.9. The van der Waals surface area contributed by atoms with E-state index >= 15 is 0 Å². The lowest BCUT2D eigenvalue weighted by atomic mass is 10.1. The average Bonchev–Trinajstić information content (AvgIpc) is 2.42. The fourth-order valence-electron chi connectivity index (χ4n) is 2.32. The van der Waals surface area contributed by atoms with E-state index in [1.807, 2.05) is 0 Å². The molecule has 0 amide bonds. The van der Waals surface area contributed by atoms with Crippen LogP contribution in [0.15, 0.2) is 0 Å². The molecule has 116 valence electrons. The van der Waals surface area contributed by atoms with Crippen LogP contribution in [0.1, 0.15) is 67.2 Å². The first kappa shape index (κ1) is 19.1. The van der Waals surface area contributed by atoms with Crippen LogP contribution in [0, 0.1) is 11.8 Å². The molecule has 0 fully saturated rings. The summed E-state index contributed by atoms with van der Waals surface area (Å²) < 4.78 is 12.4. The Labute approximate surface area is 122 Å². The summed E-state index contributed by atoms with van der Waals surface area (Å²) >= 11 is 0. The lowest BCUT2D eigenvalue weighted by Crippen LogP contribution is -2.42.